The summed E-state index contributed by atoms with van der Waals surface area (Å²) < 4.78 is 0. The topological polar surface area (TPSA) is 73.4 Å². The van der Waals surface area contributed by atoms with Gasteiger partial charge in [0.15, 0.2) is 0 Å². The Balaban J connectivity index is 2.08. The molecule has 2 N–H and O–H groups in total. The minimum absolute atomic E-state index is 0.116. The van der Waals surface area contributed by atoms with E-state index in [2.05, 4.69) is 4.98 Å². The number of carbonyl (C=O) groups is 1. The Bertz CT molecular complexity index is 487. The summed E-state index contributed by atoms with van der Waals surface area (Å²) in [5, 5.41) is 10.0. The number of rotatable bonds is 2. The molecule has 0 radical (unpaired) electrons. The van der Waals surface area contributed by atoms with E-state index in [-0.39, 0.29) is 17.4 Å². The average molecular weight is 236 g/mol. The fourth-order valence-electron chi connectivity index (χ4n) is 1.88. The first-order valence-corrected chi connectivity index (χ1v) is 5.63. The molecule has 5 nitrogen and oxygen atoms in total. The van der Waals surface area contributed by atoms with E-state index in [1.54, 1.807) is 11.0 Å². The SMILES string of the molecule is CC(C)C1(O)CN(C(=O)c2cc[nH]c(=O)c2)C1. The smallest absolute Gasteiger partial charge is 0.254 e. The minimum atomic E-state index is -0.781. The molecule has 0 aromatic carbocycles. The molecule has 0 saturated carbocycles. The highest BCUT2D eigenvalue weighted by Gasteiger charge is 2.45. The number of likely N-dealkylation sites (tertiary alicyclic amines) is 1. The number of H-pyrrole nitrogens is 1. The van der Waals surface area contributed by atoms with E-state index in [1.165, 1.54) is 12.3 Å². The van der Waals surface area contributed by atoms with Crippen LogP contribution >= 0.6 is 0 Å². The van der Waals surface area contributed by atoms with Gasteiger partial charge < -0.3 is 15.0 Å². The van der Waals surface area contributed by atoms with Crippen molar-refractivity contribution in [3.63, 3.8) is 0 Å². The number of hydrogen-bond acceptors (Lipinski definition) is 3. The lowest BCUT2D eigenvalue weighted by Gasteiger charge is -2.49. The van der Waals surface area contributed by atoms with Crippen LogP contribution in [0.3, 0.4) is 0 Å². The molecule has 92 valence electrons. The number of aliphatic hydroxyl groups is 1. The van der Waals surface area contributed by atoms with Crippen molar-refractivity contribution in [1.82, 2.24) is 9.88 Å². The third-order valence-electron chi connectivity index (χ3n) is 3.31. The second-order valence-corrected chi connectivity index (χ2v) is 4.86. The summed E-state index contributed by atoms with van der Waals surface area (Å²) in [6, 6.07) is 2.84. The number of aromatic nitrogens is 1. The lowest BCUT2D eigenvalue weighted by molar-refractivity contribution is -0.110. The number of nitrogens with one attached hydrogen (secondary N) is 1. The van der Waals surface area contributed by atoms with Gasteiger partial charge in [0.05, 0.1) is 13.1 Å². The molecule has 5 heteroatoms. The monoisotopic (exact) mass is 236 g/mol. The second kappa shape index (κ2) is 4.00. The van der Waals surface area contributed by atoms with Crippen molar-refractivity contribution in [1.29, 1.82) is 0 Å². The Hall–Kier alpha value is -1.62. The zero-order valence-electron chi connectivity index (χ0n) is 9.93. The van der Waals surface area contributed by atoms with Crippen LogP contribution in [0.2, 0.25) is 0 Å². The number of β-amino-alcohol motifs (C(OH)–C–C–N with tert-alkyl or cyclic N) is 1. The third kappa shape index (κ3) is 2.10. The molecular weight excluding hydrogens is 220 g/mol. The molecular formula is C12H16N2O3. The molecule has 0 atom stereocenters. The highest BCUT2D eigenvalue weighted by molar-refractivity contribution is 5.94. The van der Waals surface area contributed by atoms with Gasteiger partial charge in [-0.05, 0) is 12.0 Å². The van der Waals surface area contributed by atoms with Crippen molar-refractivity contribution in [2.75, 3.05) is 13.1 Å². The quantitative estimate of drug-likeness (QED) is 0.771. The van der Waals surface area contributed by atoms with Crippen molar-refractivity contribution in [3.05, 3.63) is 34.2 Å². The predicted molar refractivity (Wildman–Crippen MR) is 62.8 cm³/mol. The number of pyridine rings is 1. The molecule has 1 amide bonds. The molecule has 1 saturated heterocycles. The van der Waals surface area contributed by atoms with Crippen molar-refractivity contribution < 1.29 is 9.90 Å². The fraction of sp³-hybridized carbons (Fsp3) is 0.500. The summed E-state index contributed by atoms with van der Waals surface area (Å²) in [5.74, 6) is -0.0906. The summed E-state index contributed by atoms with van der Waals surface area (Å²) in [6.45, 7) is 4.51. The van der Waals surface area contributed by atoms with Gasteiger partial charge in [-0.15, -0.1) is 0 Å². The number of amides is 1. The minimum Gasteiger partial charge on any atom is -0.386 e. The van der Waals surface area contributed by atoms with Crippen LogP contribution in [0.1, 0.15) is 24.2 Å². The Morgan fingerprint density at radius 2 is 2.18 bits per heavy atom. The third-order valence-corrected chi connectivity index (χ3v) is 3.31. The number of aromatic amines is 1. The number of nitrogens with zero attached hydrogens (tertiary/aromatic N) is 1. The molecule has 0 unspecified atom stereocenters. The van der Waals surface area contributed by atoms with Gasteiger partial charge in [0.25, 0.3) is 5.91 Å². The van der Waals surface area contributed by atoms with Gasteiger partial charge >= 0.3 is 0 Å². The number of hydrogen-bond donors (Lipinski definition) is 2. The molecule has 1 fully saturated rings. The first kappa shape index (κ1) is 11.9. The predicted octanol–water partition coefficient (Wildman–Crippen LogP) is 0.218. The summed E-state index contributed by atoms with van der Waals surface area (Å²) in [5.41, 5.74) is -0.716. The summed E-state index contributed by atoms with van der Waals surface area (Å²) >= 11 is 0. The van der Waals surface area contributed by atoms with Crippen LogP contribution < -0.4 is 5.56 Å². The molecule has 17 heavy (non-hydrogen) atoms. The maximum absolute atomic E-state index is 12.0. The Labute approximate surface area is 99.1 Å². The highest BCUT2D eigenvalue weighted by Crippen LogP contribution is 2.29. The Morgan fingerprint density at radius 1 is 1.53 bits per heavy atom. The van der Waals surface area contributed by atoms with E-state index in [1.807, 2.05) is 13.8 Å². The lowest BCUT2D eigenvalue weighted by Crippen LogP contribution is -2.66. The van der Waals surface area contributed by atoms with Crippen LogP contribution in [-0.4, -0.2) is 39.6 Å². The van der Waals surface area contributed by atoms with Gasteiger partial charge in [-0.1, -0.05) is 13.8 Å². The van der Waals surface area contributed by atoms with E-state index in [0.717, 1.165) is 0 Å². The average Bonchev–Trinajstić information content (AvgIpc) is 2.23. The molecule has 0 aliphatic carbocycles. The van der Waals surface area contributed by atoms with Gasteiger partial charge in [0.1, 0.15) is 5.60 Å². The fourth-order valence-corrected chi connectivity index (χ4v) is 1.88. The van der Waals surface area contributed by atoms with E-state index in [9.17, 15) is 14.7 Å². The second-order valence-electron chi connectivity index (χ2n) is 4.86. The van der Waals surface area contributed by atoms with Gasteiger partial charge in [-0.3, -0.25) is 9.59 Å². The molecule has 1 aliphatic rings. The maximum Gasteiger partial charge on any atom is 0.254 e. The zero-order valence-corrected chi connectivity index (χ0v) is 9.93. The van der Waals surface area contributed by atoms with E-state index in [0.29, 0.717) is 18.7 Å². The van der Waals surface area contributed by atoms with E-state index >= 15 is 0 Å². The summed E-state index contributed by atoms with van der Waals surface area (Å²) in [7, 11) is 0. The van der Waals surface area contributed by atoms with E-state index in [4.69, 9.17) is 0 Å². The first-order chi connectivity index (χ1) is 7.92. The van der Waals surface area contributed by atoms with Gasteiger partial charge in [0.2, 0.25) is 5.56 Å². The van der Waals surface area contributed by atoms with Crippen molar-refractivity contribution in [2.24, 2.45) is 5.92 Å². The van der Waals surface area contributed by atoms with Crippen LogP contribution in [-0.2, 0) is 0 Å². The maximum atomic E-state index is 12.0. The van der Waals surface area contributed by atoms with Crippen LogP contribution in [0.4, 0.5) is 0 Å². The van der Waals surface area contributed by atoms with Crippen molar-refractivity contribution in [3.8, 4) is 0 Å². The highest BCUT2D eigenvalue weighted by atomic mass is 16.3. The van der Waals surface area contributed by atoms with Crippen LogP contribution in [0.15, 0.2) is 23.1 Å². The van der Waals surface area contributed by atoms with E-state index < -0.39 is 5.60 Å². The number of carbonyl (C=O) groups excluding carboxylic acids is 1. The standard InChI is InChI=1S/C12H16N2O3/c1-8(2)12(17)6-14(7-12)11(16)9-3-4-13-10(15)5-9/h3-5,8,17H,6-7H2,1-2H3,(H,13,15). The Kier molecular flexibility index (Phi) is 2.79. The van der Waals surface area contributed by atoms with Crippen LogP contribution in [0.25, 0.3) is 0 Å². The molecule has 0 bridgehead atoms. The molecule has 2 heterocycles. The van der Waals surface area contributed by atoms with Gasteiger partial charge in [-0.2, -0.15) is 0 Å². The normalized spacial score (nSPS) is 18.0. The van der Waals surface area contributed by atoms with Gasteiger partial charge in [-0.25, -0.2) is 0 Å². The molecule has 2 rings (SSSR count). The summed E-state index contributed by atoms with van der Waals surface area (Å²) in [4.78, 5) is 27.0. The first-order valence-electron chi connectivity index (χ1n) is 5.63. The van der Waals surface area contributed by atoms with Crippen LogP contribution in [0.5, 0.6) is 0 Å². The largest absolute Gasteiger partial charge is 0.386 e. The Morgan fingerprint density at radius 3 is 2.71 bits per heavy atom. The lowest BCUT2D eigenvalue weighted by atomic mass is 9.82. The zero-order chi connectivity index (χ0) is 12.6. The van der Waals surface area contributed by atoms with Gasteiger partial charge in [0, 0.05) is 17.8 Å². The molecule has 1 aliphatic heterocycles. The van der Waals surface area contributed by atoms with Crippen molar-refractivity contribution in [2.45, 2.75) is 19.4 Å². The van der Waals surface area contributed by atoms with Crippen LogP contribution in [0, 0.1) is 5.92 Å². The molecule has 0 spiro atoms. The molecule has 1 aromatic heterocycles. The van der Waals surface area contributed by atoms with Crippen molar-refractivity contribution >= 4 is 5.91 Å². The summed E-state index contributed by atoms with van der Waals surface area (Å²) in [6.07, 6.45) is 1.45. The molecule has 1 aromatic rings.